The Morgan fingerprint density at radius 2 is 1.88 bits per heavy atom. The third-order valence-corrected chi connectivity index (χ3v) is 6.69. The highest BCUT2D eigenvalue weighted by Crippen LogP contribution is 2.49. The number of alkyl halides is 6. The summed E-state index contributed by atoms with van der Waals surface area (Å²) >= 11 is 0. The Balaban J connectivity index is 1.78. The van der Waals surface area contributed by atoms with E-state index >= 15 is 0 Å². The van der Waals surface area contributed by atoms with Crippen LogP contribution in [-0.2, 0) is 20.6 Å². The molecule has 0 radical (unpaired) electrons. The summed E-state index contributed by atoms with van der Waals surface area (Å²) in [4.78, 5) is 29.4. The molecular weight excluding hydrogens is 474 g/mol. The molecule has 188 valence electrons. The molecule has 3 atom stereocenters. The molecule has 0 saturated carbocycles. The second-order valence-electron chi connectivity index (χ2n) is 8.94. The van der Waals surface area contributed by atoms with Crippen LogP contribution in [0, 0.1) is 5.41 Å². The first kappa shape index (κ1) is 24.4. The maximum atomic E-state index is 14.0. The smallest absolute Gasteiger partial charge is 0.488 e. The number of hydroxylamine groups is 1. The van der Waals surface area contributed by atoms with Crippen molar-refractivity contribution in [1.29, 1.82) is 0 Å². The second-order valence-corrected chi connectivity index (χ2v) is 8.94. The number of hydrogen-bond donors (Lipinski definition) is 2. The van der Waals surface area contributed by atoms with Crippen molar-refractivity contribution in [2.24, 2.45) is 5.41 Å². The number of rotatable bonds is 3. The number of carbonyl (C=O) groups excluding carboxylic acids is 2. The molecule has 0 spiro atoms. The maximum Gasteiger partial charge on any atom is 0.492 e. The number of nitrogens with one attached hydrogen (secondary N) is 2. The van der Waals surface area contributed by atoms with Crippen molar-refractivity contribution in [3.63, 3.8) is 0 Å². The number of benzene rings is 1. The van der Waals surface area contributed by atoms with Gasteiger partial charge in [-0.3, -0.25) is 10.2 Å². The number of amides is 1. The molecule has 2 fully saturated rings. The average molecular weight is 496 g/mol. The molecule has 2 unspecified atom stereocenters. The van der Waals surface area contributed by atoms with Crippen LogP contribution in [0.25, 0.3) is 0 Å². The van der Waals surface area contributed by atoms with E-state index in [9.17, 15) is 35.9 Å². The van der Waals surface area contributed by atoms with Crippen molar-refractivity contribution in [3.05, 3.63) is 23.3 Å². The molecule has 14 heteroatoms. The summed E-state index contributed by atoms with van der Waals surface area (Å²) in [6.45, 7) is 5.48. The van der Waals surface area contributed by atoms with Gasteiger partial charge in [0.2, 0.25) is 0 Å². The van der Waals surface area contributed by atoms with Gasteiger partial charge in [-0.25, -0.2) is 4.79 Å². The van der Waals surface area contributed by atoms with E-state index in [-0.39, 0.29) is 17.0 Å². The lowest BCUT2D eigenvalue weighted by molar-refractivity contribution is -0.265. The van der Waals surface area contributed by atoms with Gasteiger partial charge < -0.3 is 19.8 Å². The van der Waals surface area contributed by atoms with E-state index in [1.54, 1.807) is 6.92 Å². The molecule has 3 aliphatic heterocycles. The Labute approximate surface area is 190 Å². The number of ether oxygens (including phenoxy) is 1. The number of hydrogen-bond acceptors (Lipinski definition) is 7. The summed E-state index contributed by atoms with van der Waals surface area (Å²) < 4.78 is 85.5. The lowest BCUT2D eigenvalue weighted by Gasteiger charge is -2.49. The van der Waals surface area contributed by atoms with Gasteiger partial charge in [0.1, 0.15) is 18.4 Å². The van der Waals surface area contributed by atoms with E-state index in [0.717, 1.165) is 6.07 Å². The van der Waals surface area contributed by atoms with Crippen LogP contribution in [0.15, 0.2) is 12.1 Å². The van der Waals surface area contributed by atoms with Crippen molar-refractivity contribution >= 4 is 17.6 Å². The maximum absolute atomic E-state index is 14.0. The topological polar surface area (TPSA) is 83.1 Å². The van der Waals surface area contributed by atoms with Gasteiger partial charge in [-0.15, -0.1) is 0 Å². The highest BCUT2D eigenvalue weighted by molar-refractivity contribution is 5.87. The van der Waals surface area contributed by atoms with Crippen LogP contribution < -0.4 is 20.4 Å². The first-order valence-electron chi connectivity index (χ1n) is 10.4. The van der Waals surface area contributed by atoms with E-state index in [2.05, 4.69) is 15.6 Å². The Kier molecular flexibility index (Phi) is 5.67. The first-order valence-corrected chi connectivity index (χ1v) is 10.4. The SMILES string of the molecule is CC1C(=O)NN(OC(=O)C(F)(F)F)C2COc3cc(C(F)(F)F)c([C@@H](C)C4(C)CNC4)cc3N12. The molecule has 34 heavy (non-hydrogen) atoms. The zero-order valence-electron chi connectivity index (χ0n) is 18.3. The number of hydrazine groups is 1. The minimum atomic E-state index is -5.33. The normalized spacial score (nSPS) is 25.3. The van der Waals surface area contributed by atoms with Gasteiger partial charge in [0.25, 0.3) is 5.91 Å². The zero-order valence-corrected chi connectivity index (χ0v) is 18.3. The fourth-order valence-electron chi connectivity index (χ4n) is 4.39. The number of anilines is 1. The van der Waals surface area contributed by atoms with E-state index in [1.807, 2.05) is 6.92 Å². The van der Waals surface area contributed by atoms with Gasteiger partial charge >= 0.3 is 18.3 Å². The second kappa shape index (κ2) is 7.90. The summed E-state index contributed by atoms with van der Waals surface area (Å²) in [7, 11) is 0. The molecule has 0 bridgehead atoms. The standard InChI is InChI=1S/C20H22F6N4O4/c1-9(18(3)7-27-8-18)11-4-13-14(5-12(11)19(21,22)23)33-6-15-29(13)10(2)16(31)28-30(15)34-17(32)20(24,25)26/h4-5,9-10,15,27H,6-8H2,1-3H3,(H,28,31)/t9-,10?,15?/m1/s1. The molecule has 4 rings (SSSR count). The van der Waals surface area contributed by atoms with E-state index in [0.29, 0.717) is 18.3 Å². The van der Waals surface area contributed by atoms with Crippen LogP contribution in [0.4, 0.5) is 32.0 Å². The molecule has 2 N–H and O–H groups in total. The Hall–Kier alpha value is -2.74. The Bertz CT molecular complexity index is 1010. The highest BCUT2D eigenvalue weighted by atomic mass is 19.4. The van der Waals surface area contributed by atoms with Gasteiger partial charge in [-0.1, -0.05) is 13.8 Å². The van der Waals surface area contributed by atoms with Crippen molar-refractivity contribution in [2.45, 2.75) is 51.2 Å². The van der Waals surface area contributed by atoms with Crippen molar-refractivity contribution in [2.75, 3.05) is 24.6 Å². The van der Waals surface area contributed by atoms with Crippen molar-refractivity contribution in [3.8, 4) is 5.75 Å². The molecule has 2 saturated heterocycles. The van der Waals surface area contributed by atoms with Crippen LogP contribution in [0.5, 0.6) is 5.75 Å². The summed E-state index contributed by atoms with van der Waals surface area (Å²) in [5, 5.41) is 3.37. The molecule has 3 aliphatic rings. The average Bonchev–Trinajstić information content (AvgIpc) is 2.72. The van der Waals surface area contributed by atoms with Crippen LogP contribution in [-0.4, -0.2) is 55.1 Å². The highest BCUT2D eigenvalue weighted by Gasteiger charge is 2.50. The molecular formula is C20H22F6N4O4. The first-order chi connectivity index (χ1) is 15.6. The van der Waals surface area contributed by atoms with Gasteiger partial charge in [0, 0.05) is 13.1 Å². The Morgan fingerprint density at radius 3 is 2.41 bits per heavy atom. The molecule has 8 nitrogen and oxygen atoms in total. The van der Waals surface area contributed by atoms with Gasteiger partial charge in [0.05, 0.1) is 11.3 Å². The van der Waals surface area contributed by atoms with Crippen molar-refractivity contribution in [1.82, 2.24) is 15.9 Å². The quantitative estimate of drug-likeness (QED) is 0.623. The molecule has 0 aliphatic carbocycles. The van der Waals surface area contributed by atoms with Crippen LogP contribution >= 0.6 is 0 Å². The summed E-state index contributed by atoms with van der Waals surface area (Å²) in [5.74, 6) is -4.12. The largest absolute Gasteiger partial charge is 0.492 e. The third kappa shape index (κ3) is 4.02. The lowest BCUT2D eigenvalue weighted by Crippen LogP contribution is -2.70. The van der Waals surface area contributed by atoms with E-state index in [4.69, 9.17) is 4.74 Å². The third-order valence-electron chi connectivity index (χ3n) is 6.69. The molecule has 1 amide bonds. The van der Waals surface area contributed by atoms with Crippen molar-refractivity contribution < 1.29 is 45.5 Å². The molecule has 0 aromatic heterocycles. The van der Waals surface area contributed by atoms with Crippen LogP contribution in [0.2, 0.25) is 0 Å². The van der Waals surface area contributed by atoms with Gasteiger partial charge in [-0.05, 0) is 41.1 Å². The minimum Gasteiger partial charge on any atom is -0.488 e. The number of fused-ring (bicyclic) bond motifs is 3. The lowest BCUT2D eigenvalue weighted by atomic mass is 9.69. The fourth-order valence-corrected chi connectivity index (χ4v) is 4.39. The monoisotopic (exact) mass is 496 g/mol. The molecule has 1 aromatic rings. The predicted molar refractivity (Wildman–Crippen MR) is 104 cm³/mol. The van der Waals surface area contributed by atoms with Crippen LogP contribution in [0.1, 0.15) is 37.8 Å². The predicted octanol–water partition coefficient (Wildman–Crippen LogP) is 2.70. The Morgan fingerprint density at radius 1 is 1.24 bits per heavy atom. The summed E-state index contributed by atoms with van der Waals surface area (Å²) in [6, 6.07) is 1.10. The van der Waals surface area contributed by atoms with Gasteiger partial charge in [0.15, 0.2) is 6.17 Å². The summed E-state index contributed by atoms with van der Waals surface area (Å²) in [6.07, 6.45) is -11.3. The molecule has 3 heterocycles. The zero-order chi connectivity index (χ0) is 25.2. The van der Waals surface area contributed by atoms with Gasteiger partial charge in [-0.2, -0.15) is 26.3 Å². The van der Waals surface area contributed by atoms with E-state index < -0.39 is 59.9 Å². The number of carbonyl (C=O) groups is 2. The molecule has 1 aromatic carbocycles. The van der Waals surface area contributed by atoms with E-state index in [1.165, 1.54) is 17.9 Å². The fraction of sp³-hybridized carbons (Fsp3) is 0.600. The van der Waals surface area contributed by atoms with Crippen LogP contribution in [0.3, 0.4) is 0 Å². The number of nitrogens with zero attached hydrogens (tertiary/aromatic N) is 2. The summed E-state index contributed by atoms with van der Waals surface area (Å²) in [5.41, 5.74) is 0.761. The minimum absolute atomic E-state index is 0.0310. The number of halogens is 6.